The molecule has 0 saturated carbocycles. The van der Waals surface area contributed by atoms with Crippen molar-refractivity contribution in [2.45, 2.75) is 39.8 Å². The third-order valence-electron chi connectivity index (χ3n) is 7.70. The Hall–Kier alpha value is -4.47. The van der Waals surface area contributed by atoms with E-state index in [4.69, 9.17) is 4.74 Å². The second-order valence-corrected chi connectivity index (χ2v) is 10.4. The zero-order valence-electron chi connectivity index (χ0n) is 23.8. The maximum Gasteiger partial charge on any atom is 0.332 e. The van der Waals surface area contributed by atoms with E-state index in [0.717, 1.165) is 22.5 Å². The molecule has 41 heavy (non-hydrogen) atoms. The molecule has 2 aliphatic heterocycles. The lowest BCUT2D eigenvalue weighted by Gasteiger charge is -2.36. The van der Waals surface area contributed by atoms with Crippen molar-refractivity contribution in [3.63, 3.8) is 0 Å². The summed E-state index contributed by atoms with van der Waals surface area (Å²) >= 11 is 0. The number of nitrogens with zero attached hydrogens (tertiary/aromatic N) is 5. The van der Waals surface area contributed by atoms with Crippen LogP contribution in [0.5, 0.6) is 5.75 Å². The number of pyridine rings is 1. The molecule has 3 aromatic rings. The van der Waals surface area contributed by atoms with Gasteiger partial charge in [-0.1, -0.05) is 25.1 Å². The van der Waals surface area contributed by atoms with Gasteiger partial charge >= 0.3 is 6.03 Å². The van der Waals surface area contributed by atoms with Gasteiger partial charge in [-0.25, -0.2) is 14.2 Å². The van der Waals surface area contributed by atoms with Gasteiger partial charge in [0.15, 0.2) is 0 Å². The van der Waals surface area contributed by atoms with Crippen LogP contribution in [-0.2, 0) is 11.3 Å². The topological polar surface area (TPSA) is 86.3 Å². The van der Waals surface area contributed by atoms with Crippen molar-refractivity contribution in [3.05, 3.63) is 82.8 Å². The average Bonchev–Trinajstić information content (AvgIpc) is 3.21. The highest BCUT2D eigenvalue weighted by molar-refractivity contribution is 6.14. The molecule has 2 fully saturated rings. The van der Waals surface area contributed by atoms with Gasteiger partial charge in [-0.15, -0.1) is 0 Å². The summed E-state index contributed by atoms with van der Waals surface area (Å²) in [5.74, 6) is 0.0971. The second kappa shape index (κ2) is 11.6. The molecule has 3 heterocycles. The molecular weight excluding hydrogens is 525 g/mol. The smallest absolute Gasteiger partial charge is 0.332 e. The summed E-state index contributed by atoms with van der Waals surface area (Å²) in [5.41, 5.74) is 3.12. The number of halogens is 1. The molecule has 5 rings (SSSR count). The van der Waals surface area contributed by atoms with Gasteiger partial charge < -0.3 is 14.5 Å². The number of piperazine rings is 1. The fourth-order valence-electron chi connectivity index (χ4n) is 5.51. The lowest BCUT2D eigenvalue weighted by Crippen LogP contribution is -2.49. The lowest BCUT2D eigenvalue weighted by atomic mass is 10.1. The number of methoxy groups -OCH3 is 1. The quantitative estimate of drug-likeness (QED) is 0.395. The zero-order chi connectivity index (χ0) is 29.3. The van der Waals surface area contributed by atoms with E-state index in [1.807, 2.05) is 20.0 Å². The molecule has 1 atom stereocenters. The van der Waals surface area contributed by atoms with Crippen LogP contribution >= 0.6 is 0 Å². The fourth-order valence-corrected chi connectivity index (χ4v) is 5.51. The minimum Gasteiger partial charge on any atom is -0.497 e. The van der Waals surface area contributed by atoms with Crippen LogP contribution in [0.15, 0.2) is 54.7 Å². The SMILES string of the molecule is CCC1C(=O)N(Cc2ccc(OC)cc2)C(=O)N1c1ccc(C(=O)N2CCN(c3ncc(C)cc3C)CC2)c(F)c1. The van der Waals surface area contributed by atoms with E-state index in [1.54, 1.807) is 43.2 Å². The summed E-state index contributed by atoms with van der Waals surface area (Å²) in [6.45, 7) is 7.98. The third-order valence-corrected chi connectivity index (χ3v) is 7.70. The molecule has 2 aliphatic rings. The summed E-state index contributed by atoms with van der Waals surface area (Å²) in [4.78, 5) is 50.6. The van der Waals surface area contributed by atoms with Gasteiger partial charge in [0, 0.05) is 38.1 Å². The van der Waals surface area contributed by atoms with Crippen LogP contribution < -0.4 is 14.5 Å². The van der Waals surface area contributed by atoms with Crippen molar-refractivity contribution in [1.29, 1.82) is 0 Å². The Bertz CT molecular complexity index is 1470. The number of ether oxygens (including phenoxy) is 1. The van der Waals surface area contributed by atoms with Gasteiger partial charge in [0.05, 0.1) is 19.2 Å². The number of urea groups is 1. The minimum absolute atomic E-state index is 0.0621. The highest BCUT2D eigenvalue weighted by Crippen LogP contribution is 2.31. The Labute approximate surface area is 239 Å². The Morgan fingerprint density at radius 2 is 1.73 bits per heavy atom. The maximum absolute atomic E-state index is 15.4. The van der Waals surface area contributed by atoms with Gasteiger partial charge in [0.1, 0.15) is 23.4 Å². The number of carbonyl (C=O) groups excluding carboxylic acids is 3. The Kier molecular flexibility index (Phi) is 7.92. The summed E-state index contributed by atoms with van der Waals surface area (Å²) in [7, 11) is 1.56. The molecule has 0 radical (unpaired) electrons. The maximum atomic E-state index is 15.4. The predicted molar refractivity (Wildman–Crippen MR) is 154 cm³/mol. The van der Waals surface area contributed by atoms with Crippen molar-refractivity contribution in [3.8, 4) is 5.75 Å². The van der Waals surface area contributed by atoms with E-state index in [2.05, 4.69) is 16.0 Å². The first kappa shape index (κ1) is 28.1. The first-order chi connectivity index (χ1) is 19.7. The van der Waals surface area contributed by atoms with Gasteiger partial charge in [-0.3, -0.25) is 19.4 Å². The number of benzene rings is 2. The summed E-state index contributed by atoms with van der Waals surface area (Å²) in [6.07, 6.45) is 2.20. The Morgan fingerprint density at radius 3 is 2.34 bits per heavy atom. The largest absolute Gasteiger partial charge is 0.497 e. The van der Waals surface area contributed by atoms with Gasteiger partial charge in [0.25, 0.3) is 11.8 Å². The van der Waals surface area contributed by atoms with Crippen molar-refractivity contribution >= 4 is 29.4 Å². The van der Waals surface area contributed by atoms with Crippen LogP contribution in [0.25, 0.3) is 0 Å². The van der Waals surface area contributed by atoms with E-state index in [9.17, 15) is 14.4 Å². The van der Waals surface area contributed by atoms with Crippen LogP contribution in [0.3, 0.4) is 0 Å². The average molecular weight is 560 g/mol. The molecule has 1 aromatic heterocycles. The Morgan fingerprint density at radius 1 is 1.02 bits per heavy atom. The van der Waals surface area contributed by atoms with E-state index in [-0.39, 0.29) is 23.7 Å². The summed E-state index contributed by atoms with van der Waals surface area (Å²) in [5, 5.41) is 0. The molecule has 0 bridgehead atoms. The standard InChI is InChI=1S/C31H34FN5O4/c1-5-27-30(39)36(19-22-6-9-24(41-4)10-7-22)31(40)37(27)23-8-11-25(26(32)17-23)29(38)35-14-12-34(13-15-35)28-21(3)16-20(2)18-33-28/h6-11,16-18,27H,5,12-15,19H2,1-4H3. The summed E-state index contributed by atoms with van der Waals surface area (Å²) < 4.78 is 20.6. The fraction of sp³-hybridized carbons (Fsp3) is 0.355. The molecule has 2 saturated heterocycles. The van der Waals surface area contributed by atoms with E-state index < -0.39 is 23.8 Å². The number of carbonyl (C=O) groups is 3. The molecule has 0 N–H and O–H groups in total. The van der Waals surface area contributed by atoms with Crippen molar-refractivity contribution in [1.82, 2.24) is 14.8 Å². The molecule has 2 aromatic carbocycles. The zero-order valence-corrected chi connectivity index (χ0v) is 23.8. The number of hydrogen-bond donors (Lipinski definition) is 0. The van der Waals surface area contributed by atoms with Crippen molar-refractivity contribution in [2.75, 3.05) is 43.1 Å². The number of hydrogen-bond acceptors (Lipinski definition) is 6. The number of anilines is 2. The number of aromatic nitrogens is 1. The normalized spacial score (nSPS) is 17.4. The van der Waals surface area contributed by atoms with E-state index in [1.165, 1.54) is 28.0 Å². The number of rotatable bonds is 7. The van der Waals surface area contributed by atoms with Crippen LogP contribution in [0.2, 0.25) is 0 Å². The molecule has 9 nitrogen and oxygen atoms in total. The third kappa shape index (κ3) is 5.46. The van der Waals surface area contributed by atoms with Crippen LogP contribution in [0.1, 0.15) is 40.4 Å². The van der Waals surface area contributed by atoms with Gasteiger partial charge in [-0.05, 0) is 67.3 Å². The van der Waals surface area contributed by atoms with E-state index >= 15 is 4.39 Å². The molecule has 1 unspecified atom stereocenters. The Balaban J connectivity index is 1.29. The second-order valence-electron chi connectivity index (χ2n) is 10.4. The predicted octanol–water partition coefficient (Wildman–Crippen LogP) is 4.56. The first-order valence-electron chi connectivity index (χ1n) is 13.8. The molecule has 4 amide bonds. The summed E-state index contributed by atoms with van der Waals surface area (Å²) in [6, 6.07) is 12.0. The monoisotopic (exact) mass is 559 g/mol. The van der Waals surface area contributed by atoms with Gasteiger partial charge in [-0.2, -0.15) is 0 Å². The molecule has 214 valence electrons. The highest BCUT2D eigenvalue weighted by atomic mass is 19.1. The molecular formula is C31H34FN5O4. The number of aryl methyl sites for hydroxylation is 2. The van der Waals surface area contributed by atoms with Gasteiger partial charge in [0.2, 0.25) is 0 Å². The van der Waals surface area contributed by atoms with Crippen molar-refractivity contribution < 1.29 is 23.5 Å². The van der Waals surface area contributed by atoms with Crippen LogP contribution in [-0.4, -0.2) is 72.0 Å². The lowest BCUT2D eigenvalue weighted by molar-refractivity contribution is -0.127. The van der Waals surface area contributed by atoms with Crippen molar-refractivity contribution in [2.24, 2.45) is 0 Å². The molecule has 0 aliphatic carbocycles. The minimum atomic E-state index is -0.756. The molecule has 10 heteroatoms. The van der Waals surface area contributed by atoms with Crippen LogP contribution in [0, 0.1) is 19.7 Å². The highest BCUT2D eigenvalue weighted by Gasteiger charge is 2.45. The number of imide groups is 1. The van der Waals surface area contributed by atoms with Crippen LogP contribution in [0.4, 0.5) is 20.7 Å². The number of amides is 4. The molecule has 0 spiro atoms. The first-order valence-corrected chi connectivity index (χ1v) is 13.8. The van der Waals surface area contributed by atoms with E-state index in [0.29, 0.717) is 38.3 Å².